The number of rotatable bonds is 7. The van der Waals surface area contributed by atoms with Gasteiger partial charge in [0.2, 0.25) is 11.7 Å². The number of carbonyl (C=O) groups is 1. The summed E-state index contributed by atoms with van der Waals surface area (Å²) in [4.78, 5) is 30.4. The molecule has 1 amide bonds. The first kappa shape index (κ1) is 21.6. The van der Waals surface area contributed by atoms with E-state index in [9.17, 15) is 14.9 Å². The van der Waals surface area contributed by atoms with Crippen molar-refractivity contribution >= 4 is 45.2 Å². The van der Waals surface area contributed by atoms with Gasteiger partial charge in [0.15, 0.2) is 5.16 Å². The van der Waals surface area contributed by atoms with Gasteiger partial charge < -0.3 is 14.5 Å². The van der Waals surface area contributed by atoms with Crippen LogP contribution >= 0.6 is 11.8 Å². The number of amides is 1. The van der Waals surface area contributed by atoms with Crippen LogP contribution in [-0.2, 0) is 9.53 Å². The lowest BCUT2D eigenvalue weighted by atomic mass is 10.2. The number of methoxy groups -OCH3 is 1. The van der Waals surface area contributed by atoms with Crippen LogP contribution in [0.3, 0.4) is 0 Å². The molecular weight excluding hydrogens is 428 g/mol. The van der Waals surface area contributed by atoms with Crippen LogP contribution in [0.5, 0.6) is 0 Å². The molecule has 32 heavy (non-hydrogen) atoms. The van der Waals surface area contributed by atoms with Gasteiger partial charge in [0.1, 0.15) is 17.3 Å². The van der Waals surface area contributed by atoms with E-state index in [1.54, 1.807) is 54.1 Å². The van der Waals surface area contributed by atoms with Gasteiger partial charge in [0.25, 0.3) is 5.56 Å². The lowest BCUT2D eigenvalue weighted by Crippen LogP contribution is -2.29. The Bertz CT molecular complexity index is 1400. The quantitative estimate of drug-likeness (QED) is 0.337. The normalized spacial score (nSPS) is 12.0. The molecule has 2 aromatic carbocycles. The first-order valence-electron chi connectivity index (χ1n) is 9.88. The van der Waals surface area contributed by atoms with E-state index in [0.717, 1.165) is 11.8 Å². The molecule has 0 spiro atoms. The molecule has 4 rings (SSSR count). The summed E-state index contributed by atoms with van der Waals surface area (Å²) in [5, 5.41) is 13.7. The highest BCUT2D eigenvalue weighted by Gasteiger charge is 2.19. The summed E-state index contributed by atoms with van der Waals surface area (Å²) in [6.45, 7) is 2.19. The molecule has 0 fully saturated rings. The smallest absolute Gasteiger partial charge is 0.262 e. The van der Waals surface area contributed by atoms with E-state index >= 15 is 0 Å². The molecule has 0 saturated carbocycles. The molecule has 0 bridgehead atoms. The van der Waals surface area contributed by atoms with Crippen molar-refractivity contribution in [2.75, 3.05) is 24.8 Å². The van der Waals surface area contributed by atoms with Crippen molar-refractivity contribution < 1.29 is 13.9 Å². The number of nitrogens with zero attached hydrogens (tertiary/aromatic N) is 3. The molecule has 2 aromatic heterocycles. The first-order valence-corrected chi connectivity index (χ1v) is 10.9. The van der Waals surface area contributed by atoms with Crippen LogP contribution in [0.2, 0.25) is 0 Å². The van der Waals surface area contributed by atoms with Gasteiger partial charge in [0, 0.05) is 12.5 Å². The molecule has 9 heteroatoms. The van der Waals surface area contributed by atoms with E-state index in [1.165, 1.54) is 0 Å². The summed E-state index contributed by atoms with van der Waals surface area (Å²) in [7, 11) is 1.57. The van der Waals surface area contributed by atoms with Gasteiger partial charge in [-0.25, -0.2) is 4.98 Å². The summed E-state index contributed by atoms with van der Waals surface area (Å²) in [6, 6.07) is 15.9. The Hall–Kier alpha value is -3.61. The summed E-state index contributed by atoms with van der Waals surface area (Å²) < 4.78 is 12.3. The summed E-state index contributed by atoms with van der Waals surface area (Å²) in [5.74, 6) is -0.306. The second-order valence-corrected chi connectivity index (χ2v) is 8.08. The predicted octanol–water partition coefficient (Wildman–Crippen LogP) is 3.95. The van der Waals surface area contributed by atoms with Crippen molar-refractivity contribution in [1.82, 2.24) is 9.55 Å². The lowest BCUT2D eigenvalue weighted by molar-refractivity contribution is -0.113. The Morgan fingerprint density at radius 1 is 1.25 bits per heavy atom. The second kappa shape index (κ2) is 9.26. The number of aromatic nitrogens is 2. The minimum absolute atomic E-state index is 0.00510. The number of anilines is 1. The Morgan fingerprint density at radius 2 is 1.97 bits per heavy atom. The zero-order chi connectivity index (χ0) is 22.7. The number of fused-ring (bicyclic) bond motifs is 2. The number of carbonyl (C=O) groups excluding carboxylic acids is 1. The molecule has 2 heterocycles. The van der Waals surface area contributed by atoms with Crippen LogP contribution in [-0.4, -0.2) is 34.9 Å². The molecule has 4 aromatic rings. The number of furan rings is 1. The Balaban J connectivity index is 1.62. The van der Waals surface area contributed by atoms with Crippen LogP contribution in [0, 0.1) is 11.3 Å². The number of ether oxygens (including phenoxy) is 1. The predicted molar refractivity (Wildman–Crippen MR) is 123 cm³/mol. The fraction of sp³-hybridized carbons (Fsp3) is 0.217. The van der Waals surface area contributed by atoms with Gasteiger partial charge in [-0.1, -0.05) is 36.0 Å². The van der Waals surface area contributed by atoms with Crippen molar-refractivity contribution in [2.45, 2.75) is 18.1 Å². The van der Waals surface area contributed by atoms with E-state index < -0.39 is 0 Å². The van der Waals surface area contributed by atoms with Gasteiger partial charge in [0.05, 0.1) is 29.3 Å². The zero-order valence-corrected chi connectivity index (χ0v) is 18.3. The van der Waals surface area contributed by atoms with E-state index in [1.807, 2.05) is 19.1 Å². The maximum Gasteiger partial charge on any atom is 0.262 e. The fourth-order valence-electron chi connectivity index (χ4n) is 3.49. The molecule has 1 atom stereocenters. The Kier molecular flexibility index (Phi) is 6.25. The second-order valence-electron chi connectivity index (χ2n) is 7.14. The Morgan fingerprint density at radius 3 is 2.72 bits per heavy atom. The van der Waals surface area contributed by atoms with Crippen molar-refractivity contribution in [2.24, 2.45) is 0 Å². The average Bonchev–Trinajstić information content (AvgIpc) is 3.15. The molecule has 0 radical (unpaired) electrons. The maximum absolute atomic E-state index is 13.1. The van der Waals surface area contributed by atoms with Crippen LogP contribution in [0.1, 0.15) is 18.7 Å². The number of benzene rings is 2. The van der Waals surface area contributed by atoms with E-state index in [0.29, 0.717) is 39.3 Å². The minimum Gasteiger partial charge on any atom is -0.443 e. The van der Waals surface area contributed by atoms with Gasteiger partial charge in [-0.2, -0.15) is 5.26 Å². The number of hydrogen-bond acceptors (Lipinski definition) is 7. The molecule has 0 saturated heterocycles. The third-order valence-electron chi connectivity index (χ3n) is 4.92. The summed E-state index contributed by atoms with van der Waals surface area (Å²) in [6.07, 6.45) is 0. The van der Waals surface area contributed by atoms with Crippen LogP contribution in [0.25, 0.3) is 21.9 Å². The third-order valence-corrected chi connectivity index (χ3v) is 5.87. The highest BCUT2D eigenvalue weighted by molar-refractivity contribution is 7.99. The average molecular weight is 449 g/mol. The highest BCUT2D eigenvalue weighted by Crippen LogP contribution is 2.30. The number of thioether (sulfide) groups is 1. The topological polar surface area (TPSA) is 110 Å². The van der Waals surface area contributed by atoms with Crippen molar-refractivity contribution in [3.63, 3.8) is 0 Å². The maximum atomic E-state index is 13.1. The van der Waals surface area contributed by atoms with Gasteiger partial charge in [-0.15, -0.1) is 0 Å². The molecule has 0 aliphatic carbocycles. The monoisotopic (exact) mass is 448 g/mol. The molecule has 162 valence electrons. The molecule has 0 aliphatic heterocycles. The number of nitrogens with one attached hydrogen (secondary N) is 1. The number of nitriles is 1. The molecule has 8 nitrogen and oxygen atoms in total. The standard InChI is InChI=1S/C23H20N4O4S/c1-14(12-30-2)27-22(29)15-7-3-5-9-17(15)25-23(27)32-13-20(28)26-21-16-8-4-6-10-18(16)31-19(21)11-24/h3-10,14H,12-13H2,1-2H3,(H,26,28). The SMILES string of the molecule is COCC(C)n1c(SCC(=O)Nc2c(C#N)oc3ccccc23)nc2ccccc2c1=O. The largest absolute Gasteiger partial charge is 0.443 e. The first-order chi connectivity index (χ1) is 15.5. The zero-order valence-electron chi connectivity index (χ0n) is 17.5. The van der Waals surface area contributed by atoms with E-state index in [4.69, 9.17) is 9.15 Å². The van der Waals surface area contributed by atoms with Crippen LogP contribution in [0.4, 0.5) is 5.69 Å². The molecule has 1 unspecified atom stereocenters. The molecule has 1 N–H and O–H groups in total. The van der Waals surface area contributed by atoms with Gasteiger partial charge in [-0.05, 0) is 31.2 Å². The van der Waals surface area contributed by atoms with E-state index in [-0.39, 0.29) is 29.0 Å². The van der Waals surface area contributed by atoms with Gasteiger partial charge >= 0.3 is 0 Å². The fourth-order valence-corrected chi connectivity index (χ4v) is 4.38. The van der Waals surface area contributed by atoms with Crippen molar-refractivity contribution in [3.8, 4) is 6.07 Å². The summed E-state index contributed by atoms with van der Waals surface area (Å²) in [5.41, 5.74) is 1.24. The van der Waals surface area contributed by atoms with Crippen molar-refractivity contribution in [3.05, 3.63) is 64.6 Å². The Labute approximate surface area is 187 Å². The highest BCUT2D eigenvalue weighted by atomic mass is 32.2. The van der Waals surface area contributed by atoms with Crippen molar-refractivity contribution in [1.29, 1.82) is 5.26 Å². The van der Waals surface area contributed by atoms with E-state index in [2.05, 4.69) is 10.3 Å². The van der Waals surface area contributed by atoms with Crippen LogP contribution in [0.15, 0.2) is 62.9 Å². The minimum atomic E-state index is -0.341. The van der Waals surface area contributed by atoms with Crippen LogP contribution < -0.4 is 10.9 Å². The summed E-state index contributed by atoms with van der Waals surface area (Å²) >= 11 is 1.15. The lowest BCUT2D eigenvalue weighted by Gasteiger charge is -2.18. The third kappa shape index (κ3) is 4.10. The number of hydrogen-bond donors (Lipinski definition) is 1. The molecule has 0 aliphatic rings. The molecular formula is C23H20N4O4S. The number of para-hydroxylation sites is 2. The van der Waals surface area contributed by atoms with Gasteiger partial charge in [-0.3, -0.25) is 14.2 Å².